The van der Waals surface area contributed by atoms with Crippen molar-refractivity contribution in [3.8, 4) is 5.75 Å². The maximum Gasteiger partial charge on any atom is 0.339 e. The first-order valence-electron chi connectivity index (χ1n) is 5.41. The number of aliphatic hydroxyl groups is 4. The third-order valence-electron chi connectivity index (χ3n) is 2.48. The van der Waals surface area contributed by atoms with Gasteiger partial charge in [-0.05, 0) is 12.1 Å². The molecule has 6 N–H and O–H groups in total. The van der Waals surface area contributed by atoms with Gasteiger partial charge in [0.25, 0.3) is 0 Å². The number of carbonyl (C=O) groups is 1. The summed E-state index contributed by atoms with van der Waals surface area (Å²) in [7, 11) is 0. The number of phenols is 1. The summed E-state index contributed by atoms with van der Waals surface area (Å²) in [5.41, 5.74) is -1.18. The molecule has 0 bridgehead atoms. The average molecular weight is 274 g/mol. The molecule has 19 heavy (non-hydrogen) atoms. The van der Waals surface area contributed by atoms with Crippen molar-refractivity contribution in [3.05, 3.63) is 29.8 Å². The molecule has 7 nitrogen and oxygen atoms in total. The summed E-state index contributed by atoms with van der Waals surface area (Å²) in [4.78, 5) is 10.3. The first-order valence-corrected chi connectivity index (χ1v) is 5.41. The summed E-state index contributed by atoms with van der Waals surface area (Å²) < 4.78 is 0. The Morgan fingerprint density at radius 1 is 0.947 bits per heavy atom. The van der Waals surface area contributed by atoms with Gasteiger partial charge < -0.3 is 30.6 Å². The van der Waals surface area contributed by atoms with Gasteiger partial charge in [-0.3, -0.25) is 0 Å². The number of rotatable bonds is 5. The zero-order valence-electron chi connectivity index (χ0n) is 10.2. The molecule has 1 rings (SSSR count). The molecule has 0 fully saturated rings. The van der Waals surface area contributed by atoms with Crippen LogP contribution in [0.3, 0.4) is 0 Å². The molecule has 0 amide bonds. The first kappa shape index (κ1) is 17.3. The fourth-order valence-electron chi connectivity index (χ4n) is 0.954. The van der Waals surface area contributed by atoms with Crippen molar-refractivity contribution < 1.29 is 35.4 Å². The SMILES string of the molecule is O=C(O)c1ccccc1O.OCC(CO)(CO)CO. The van der Waals surface area contributed by atoms with Crippen LogP contribution in [0.5, 0.6) is 5.75 Å². The summed E-state index contributed by atoms with van der Waals surface area (Å²) >= 11 is 0. The molecule has 0 saturated heterocycles. The van der Waals surface area contributed by atoms with Crippen LogP contribution in [0, 0.1) is 5.41 Å². The Kier molecular flexibility index (Phi) is 7.69. The molecule has 0 heterocycles. The van der Waals surface area contributed by atoms with E-state index in [0.29, 0.717) is 0 Å². The Bertz CT molecular complexity index is 370. The molecule has 0 aliphatic rings. The quantitative estimate of drug-likeness (QED) is 0.406. The van der Waals surface area contributed by atoms with Crippen molar-refractivity contribution in [2.75, 3.05) is 26.4 Å². The molecule has 1 aromatic carbocycles. The summed E-state index contributed by atoms with van der Waals surface area (Å²) in [6.07, 6.45) is 0. The van der Waals surface area contributed by atoms with Gasteiger partial charge in [-0.1, -0.05) is 12.1 Å². The molecule has 108 valence electrons. The van der Waals surface area contributed by atoms with Gasteiger partial charge in [-0.2, -0.15) is 0 Å². The van der Waals surface area contributed by atoms with Gasteiger partial charge >= 0.3 is 5.97 Å². The second kappa shape index (κ2) is 8.44. The van der Waals surface area contributed by atoms with Crippen LogP contribution in [0.4, 0.5) is 0 Å². The van der Waals surface area contributed by atoms with Crippen LogP contribution < -0.4 is 0 Å². The zero-order valence-corrected chi connectivity index (χ0v) is 10.2. The van der Waals surface area contributed by atoms with Crippen molar-refractivity contribution in [2.45, 2.75) is 0 Å². The number of aromatic hydroxyl groups is 1. The molecular formula is C12H18O7. The van der Waals surface area contributed by atoms with Crippen molar-refractivity contribution in [1.82, 2.24) is 0 Å². The van der Waals surface area contributed by atoms with E-state index in [1.165, 1.54) is 12.1 Å². The summed E-state index contributed by atoms with van der Waals surface area (Å²) in [5.74, 6) is -1.31. The zero-order chi connectivity index (χ0) is 14.9. The minimum absolute atomic E-state index is 0.0671. The third-order valence-corrected chi connectivity index (χ3v) is 2.48. The number of carboxylic acid groups (broad SMARTS) is 1. The van der Waals surface area contributed by atoms with E-state index < -0.39 is 37.8 Å². The minimum Gasteiger partial charge on any atom is -0.507 e. The van der Waals surface area contributed by atoms with E-state index in [-0.39, 0.29) is 11.3 Å². The molecule has 0 aliphatic heterocycles. The van der Waals surface area contributed by atoms with Crippen molar-refractivity contribution in [3.63, 3.8) is 0 Å². The standard InChI is InChI=1S/C7H6O3.C5H12O4/c8-6-4-2-1-3-5(6)7(9)10;6-1-5(2-7,3-8)4-9/h1-4,8H,(H,9,10);6-9H,1-4H2. The molecule has 0 unspecified atom stereocenters. The Morgan fingerprint density at radius 3 is 1.58 bits per heavy atom. The van der Waals surface area contributed by atoms with E-state index in [1.807, 2.05) is 0 Å². The fourth-order valence-corrected chi connectivity index (χ4v) is 0.954. The Labute approximate surface area is 110 Å². The van der Waals surface area contributed by atoms with Crippen molar-refractivity contribution in [2.24, 2.45) is 5.41 Å². The average Bonchev–Trinajstić information content (AvgIpc) is 2.43. The third kappa shape index (κ3) is 5.23. The maximum atomic E-state index is 10.3. The molecule has 0 atom stereocenters. The number of hydrogen-bond acceptors (Lipinski definition) is 6. The van der Waals surface area contributed by atoms with Gasteiger partial charge in [-0.25, -0.2) is 4.79 Å². The van der Waals surface area contributed by atoms with Crippen LogP contribution in [0.1, 0.15) is 10.4 Å². The molecule has 1 aromatic rings. The summed E-state index contributed by atoms with van der Waals surface area (Å²) in [6.45, 7) is -1.62. The number of carboxylic acids is 1. The Balaban J connectivity index is 0.000000344. The van der Waals surface area contributed by atoms with E-state index in [1.54, 1.807) is 12.1 Å². The number of aliphatic hydroxyl groups excluding tert-OH is 4. The monoisotopic (exact) mass is 274 g/mol. The van der Waals surface area contributed by atoms with Gasteiger partial charge in [0.2, 0.25) is 0 Å². The van der Waals surface area contributed by atoms with Crippen LogP contribution in [-0.4, -0.2) is 63.0 Å². The highest BCUT2D eigenvalue weighted by atomic mass is 16.4. The van der Waals surface area contributed by atoms with Crippen LogP contribution in [0.2, 0.25) is 0 Å². The predicted molar refractivity (Wildman–Crippen MR) is 65.8 cm³/mol. The topological polar surface area (TPSA) is 138 Å². The van der Waals surface area contributed by atoms with E-state index >= 15 is 0 Å². The number of benzene rings is 1. The maximum absolute atomic E-state index is 10.3. The lowest BCUT2D eigenvalue weighted by atomic mass is 9.93. The van der Waals surface area contributed by atoms with Gasteiger partial charge in [0.05, 0.1) is 31.8 Å². The summed E-state index contributed by atoms with van der Waals surface area (Å²) in [6, 6.07) is 5.81. The van der Waals surface area contributed by atoms with Crippen LogP contribution in [0.15, 0.2) is 24.3 Å². The largest absolute Gasteiger partial charge is 0.507 e. The molecule has 0 spiro atoms. The van der Waals surface area contributed by atoms with Crippen LogP contribution in [0.25, 0.3) is 0 Å². The number of aromatic carboxylic acids is 1. The lowest BCUT2D eigenvalue weighted by Crippen LogP contribution is -2.37. The fraction of sp³-hybridized carbons (Fsp3) is 0.417. The normalized spacial score (nSPS) is 10.5. The first-order chi connectivity index (χ1) is 8.96. The molecule has 0 aliphatic carbocycles. The molecule has 0 aromatic heterocycles. The number of para-hydroxylation sites is 1. The highest BCUT2D eigenvalue weighted by Gasteiger charge is 2.26. The van der Waals surface area contributed by atoms with E-state index in [4.69, 9.17) is 30.6 Å². The van der Waals surface area contributed by atoms with E-state index in [0.717, 1.165) is 0 Å². The van der Waals surface area contributed by atoms with Crippen molar-refractivity contribution >= 4 is 5.97 Å². The van der Waals surface area contributed by atoms with Gasteiger partial charge in [0.1, 0.15) is 11.3 Å². The molecule has 0 radical (unpaired) electrons. The molecular weight excluding hydrogens is 256 g/mol. The van der Waals surface area contributed by atoms with Gasteiger partial charge in [-0.15, -0.1) is 0 Å². The lowest BCUT2D eigenvalue weighted by Gasteiger charge is -2.23. The Morgan fingerprint density at radius 2 is 1.37 bits per heavy atom. The molecule has 7 heteroatoms. The van der Waals surface area contributed by atoms with Crippen LogP contribution >= 0.6 is 0 Å². The highest BCUT2D eigenvalue weighted by molar-refractivity contribution is 5.90. The summed E-state index contributed by atoms with van der Waals surface area (Å²) in [5, 5.41) is 51.3. The predicted octanol–water partition coefficient (Wildman–Crippen LogP) is -0.968. The van der Waals surface area contributed by atoms with Crippen LogP contribution in [-0.2, 0) is 0 Å². The second-order valence-electron chi connectivity index (χ2n) is 3.95. The van der Waals surface area contributed by atoms with Gasteiger partial charge in [0.15, 0.2) is 0 Å². The lowest BCUT2D eigenvalue weighted by molar-refractivity contribution is -0.0328. The smallest absolute Gasteiger partial charge is 0.339 e. The second-order valence-corrected chi connectivity index (χ2v) is 3.95. The van der Waals surface area contributed by atoms with E-state index in [9.17, 15) is 4.79 Å². The van der Waals surface area contributed by atoms with Gasteiger partial charge in [0, 0.05) is 0 Å². The van der Waals surface area contributed by atoms with Crippen molar-refractivity contribution in [1.29, 1.82) is 0 Å². The molecule has 0 saturated carbocycles. The number of hydrogen-bond donors (Lipinski definition) is 6. The van der Waals surface area contributed by atoms with E-state index in [2.05, 4.69) is 0 Å². The Hall–Kier alpha value is -1.67. The minimum atomic E-state index is -1.11. The highest BCUT2D eigenvalue weighted by Crippen LogP contribution is 2.14.